The molecule has 0 saturated heterocycles. The second kappa shape index (κ2) is 5.89. The summed E-state index contributed by atoms with van der Waals surface area (Å²) in [7, 11) is 0. The molecular formula is C15H17NS. The monoisotopic (exact) mass is 243 g/mol. The summed E-state index contributed by atoms with van der Waals surface area (Å²) in [4.78, 5) is 1.27. The highest BCUT2D eigenvalue weighted by Gasteiger charge is 2.05. The van der Waals surface area contributed by atoms with Gasteiger partial charge in [-0.25, -0.2) is 0 Å². The van der Waals surface area contributed by atoms with Crippen molar-refractivity contribution in [2.24, 2.45) is 5.73 Å². The molecule has 0 heterocycles. The van der Waals surface area contributed by atoms with Gasteiger partial charge in [0.05, 0.1) is 0 Å². The molecule has 0 aromatic heterocycles. The standard InChI is InChI=1S/C15H17NS/c1-12-7-9-13(10-8-12)15(16)11-17-14-5-3-2-4-6-14/h2-10,15H,11,16H2,1H3. The predicted octanol–water partition coefficient (Wildman–Crippen LogP) is 3.79. The van der Waals surface area contributed by atoms with E-state index in [4.69, 9.17) is 5.73 Å². The fraction of sp³-hybridized carbons (Fsp3) is 0.200. The summed E-state index contributed by atoms with van der Waals surface area (Å²) in [6, 6.07) is 18.9. The van der Waals surface area contributed by atoms with E-state index in [9.17, 15) is 0 Å². The quantitative estimate of drug-likeness (QED) is 0.827. The van der Waals surface area contributed by atoms with E-state index in [1.54, 1.807) is 11.8 Å². The minimum atomic E-state index is 0.0980. The van der Waals surface area contributed by atoms with Gasteiger partial charge in [-0.2, -0.15) is 0 Å². The van der Waals surface area contributed by atoms with E-state index in [0.29, 0.717) is 0 Å². The molecule has 0 aliphatic rings. The van der Waals surface area contributed by atoms with Gasteiger partial charge in [-0.05, 0) is 24.6 Å². The van der Waals surface area contributed by atoms with Crippen molar-refractivity contribution < 1.29 is 0 Å². The Labute approximate surface area is 107 Å². The average molecular weight is 243 g/mol. The molecule has 2 aromatic rings. The molecule has 0 bridgehead atoms. The molecule has 0 radical (unpaired) electrons. The van der Waals surface area contributed by atoms with Crippen LogP contribution >= 0.6 is 11.8 Å². The van der Waals surface area contributed by atoms with Gasteiger partial charge in [0, 0.05) is 16.7 Å². The molecule has 2 aromatic carbocycles. The number of rotatable bonds is 4. The van der Waals surface area contributed by atoms with E-state index in [-0.39, 0.29) is 6.04 Å². The minimum Gasteiger partial charge on any atom is -0.323 e. The molecule has 0 spiro atoms. The molecular weight excluding hydrogens is 226 g/mol. The zero-order valence-electron chi connectivity index (χ0n) is 9.97. The van der Waals surface area contributed by atoms with Crippen LogP contribution in [0.5, 0.6) is 0 Å². The van der Waals surface area contributed by atoms with Gasteiger partial charge in [0.1, 0.15) is 0 Å². The van der Waals surface area contributed by atoms with Crippen molar-refractivity contribution in [1.29, 1.82) is 0 Å². The highest BCUT2D eigenvalue weighted by Crippen LogP contribution is 2.23. The van der Waals surface area contributed by atoms with Crippen LogP contribution in [0.2, 0.25) is 0 Å². The highest BCUT2D eigenvalue weighted by molar-refractivity contribution is 7.99. The molecule has 1 atom stereocenters. The van der Waals surface area contributed by atoms with Gasteiger partial charge < -0.3 is 5.73 Å². The van der Waals surface area contributed by atoms with Crippen LogP contribution in [0.4, 0.5) is 0 Å². The van der Waals surface area contributed by atoms with Crippen molar-refractivity contribution in [3.63, 3.8) is 0 Å². The van der Waals surface area contributed by atoms with Gasteiger partial charge in [0.2, 0.25) is 0 Å². The summed E-state index contributed by atoms with van der Waals surface area (Å²) in [5.41, 5.74) is 8.65. The molecule has 0 aliphatic heterocycles. The SMILES string of the molecule is Cc1ccc(C(N)CSc2ccccc2)cc1. The van der Waals surface area contributed by atoms with E-state index in [0.717, 1.165) is 5.75 Å². The van der Waals surface area contributed by atoms with Crippen LogP contribution in [-0.2, 0) is 0 Å². The molecule has 2 heteroatoms. The summed E-state index contributed by atoms with van der Waals surface area (Å²) >= 11 is 1.80. The maximum absolute atomic E-state index is 6.17. The Morgan fingerprint density at radius 1 is 1.00 bits per heavy atom. The Morgan fingerprint density at radius 3 is 2.29 bits per heavy atom. The Balaban J connectivity index is 1.93. The zero-order chi connectivity index (χ0) is 12.1. The number of aryl methyl sites for hydroxylation is 1. The van der Waals surface area contributed by atoms with Crippen LogP contribution in [-0.4, -0.2) is 5.75 Å². The average Bonchev–Trinajstić information content (AvgIpc) is 2.38. The highest BCUT2D eigenvalue weighted by atomic mass is 32.2. The first-order valence-electron chi connectivity index (χ1n) is 5.76. The maximum Gasteiger partial charge on any atom is 0.0390 e. The molecule has 17 heavy (non-hydrogen) atoms. The fourth-order valence-electron chi connectivity index (χ4n) is 1.61. The first-order chi connectivity index (χ1) is 8.25. The number of hydrogen-bond acceptors (Lipinski definition) is 2. The van der Waals surface area contributed by atoms with Crippen LogP contribution < -0.4 is 5.73 Å². The lowest BCUT2D eigenvalue weighted by Crippen LogP contribution is -2.12. The van der Waals surface area contributed by atoms with E-state index in [1.165, 1.54) is 16.0 Å². The summed E-state index contributed by atoms with van der Waals surface area (Å²) in [6.07, 6.45) is 0. The maximum atomic E-state index is 6.17. The van der Waals surface area contributed by atoms with Crippen LogP contribution in [0.25, 0.3) is 0 Å². The molecule has 0 fully saturated rings. The zero-order valence-corrected chi connectivity index (χ0v) is 10.8. The Kier molecular flexibility index (Phi) is 4.24. The number of thioether (sulfide) groups is 1. The number of hydrogen-bond donors (Lipinski definition) is 1. The van der Waals surface area contributed by atoms with E-state index in [1.807, 2.05) is 6.07 Å². The van der Waals surface area contributed by atoms with Gasteiger partial charge in [-0.15, -0.1) is 11.8 Å². The number of benzene rings is 2. The summed E-state index contributed by atoms with van der Waals surface area (Å²) in [5, 5.41) is 0. The normalized spacial score (nSPS) is 12.4. The Hall–Kier alpha value is -1.25. The second-order valence-corrected chi connectivity index (χ2v) is 5.23. The molecule has 88 valence electrons. The first-order valence-corrected chi connectivity index (χ1v) is 6.74. The third-order valence-electron chi connectivity index (χ3n) is 2.68. The first kappa shape index (κ1) is 12.2. The van der Waals surface area contributed by atoms with Gasteiger partial charge in [-0.3, -0.25) is 0 Å². The fourth-order valence-corrected chi connectivity index (χ4v) is 2.53. The molecule has 0 amide bonds. The largest absolute Gasteiger partial charge is 0.323 e. The van der Waals surface area contributed by atoms with Gasteiger partial charge in [0.25, 0.3) is 0 Å². The van der Waals surface area contributed by atoms with Crippen molar-refractivity contribution in [2.75, 3.05) is 5.75 Å². The smallest absolute Gasteiger partial charge is 0.0390 e. The van der Waals surface area contributed by atoms with Crippen molar-refractivity contribution in [2.45, 2.75) is 17.9 Å². The van der Waals surface area contributed by atoms with Crippen LogP contribution in [0, 0.1) is 6.92 Å². The van der Waals surface area contributed by atoms with E-state index < -0.39 is 0 Å². The Morgan fingerprint density at radius 2 is 1.65 bits per heavy atom. The molecule has 1 nitrogen and oxygen atoms in total. The molecule has 0 saturated carbocycles. The third-order valence-corrected chi connectivity index (χ3v) is 3.81. The van der Waals surface area contributed by atoms with Gasteiger partial charge in [-0.1, -0.05) is 48.0 Å². The predicted molar refractivity (Wildman–Crippen MR) is 75.3 cm³/mol. The van der Waals surface area contributed by atoms with Crippen molar-refractivity contribution in [1.82, 2.24) is 0 Å². The summed E-state index contributed by atoms with van der Waals surface area (Å²) < 4.78 is 0. The van der Waals surface area contributed by atoms with Gasteiger partial charge >= 0.3 is 0 Å². The number of nitrogens with two attached hydrogens (primary N) is 1. The van der Waals surface area contributed by atoms with E-state index >= 15 is 0 Å². The molecule has 1 unspecified atom stereocenters. The lowest BCUT2D eigenvalue weighted by Gasteiger charge is -2.11. The van der Waals surface area contributed by atoms with Crippen molar-refractivity contribution in [3.05, 3.63) is 65.7 Å². The molecule has 2 N–H and O–H groups in total. The van der Waals surface area contributed by atoms with Crippen LogP contribution in [0.3, 0.4) is 0 Å². The second-order valence-electron chi connectivity index (χ2n) is 4.14. The van der Waals surface area contributed by atoms with Gasteiger partial charge in [0.15, 0.2) is 0 Å². The lowest BCUT2D eigenvalue weighted by molar-refractivity contribution is 0.831. The van der Waals surface area contributed by atoms with Crippen LogP contribution in [0.1, 0.15) is 17.2 Å². The summed E-state index contributed by atoms with van der Waals surface area (Å²) in [5.74, 6) is 0.910. The third kappa shape index (κ3) is 3.62. The van der Waals surface area contributed by atoms with E-state index in [2.05, 4.69) is 55.5 Å². The van der Waals surface area contributed by atoms with Crippen molar-refractivity contribution in [3.8, 4) is 0 Å². The molecule has 0 aliphatic carbocycles. The molecule has 2 rings (SSSR count). The topological polar surface area (TPSA) is 26.0 Å². The van der Waals surface area contributed by atoms with Crippen LogP contribution in [0.15, 0.2) is 59.5 Å². The Bertz CT molecular complexity index is 450. The summed E-state index contributed by atoms with van der Waals surface area (Å²) in [6.45, 7) is 2.09. The van der Waals surface area contributed by atoms with Crippen molar-refractivity contribution >= 4 is 11.8 Å². The minimum absolute atomic E-state index is 0.0980. The lowest BCUT2D eigenvalue weighted by atomic mass is 10.1.